The van der Waals surface area contributed by atoms with E-state index >= 15 is 0 Å². The largest absolute Gasteiger partial charge is 0.416 e. The lowest BCUT2D eigenvalue weighted by molar-refractivity contribution is -0.137. The molecule has 0 unspecified atom stereocenters. The van der Waals surface area contributed by atoms with Gasteiger partial charge in [-0.2, -0.15) is 13.2 Å². The molecule has 144 valence electrons. The minimum absolute atomic E-state index is 0.0924. The number of amides is 1. The van der Waals surface area contributed by atoms with Crippen molar-refractivity contribution in [2.24, 2.45) is 5.92 Å². The number of carbonyl (C=O) groups is 1. The predicted octanol–water partition coefficient (Wildman–Crippen LogP) is 4.40. The Morgan fingerprint density at radius 2 is 1.93 bits per heavy atom. The van der Waals surface area contributed by atoms with Crippen LogP contribution in [0, 0.1) is 11.7 Å². The van der Waals surface area contributed by atoms with Gasteiger partial charge in [-0.1, -0.05) is 23.7 Å². The summed E-state index contributed by atoms with van der Waals surface area (Å²) in [5.41, 5.74) is -0.121. The summed E-state index contributed by atoms with van der Waals surface area (Å²) < 4.78 is 51.6. The van der Waals surface area contributed by atoms with E-state index in [4.69, 9.17) is 11.6 Å². The fraction of sp³-hybridized carbons (Fsp3) is 0.333. The maximum Gasteiger partial charge on any atom is 0.416 e. The van der Waals surface area contributed by atoms with Crippen LogP contribution >= 0.6 is 11.6 Å². The van der Waals surface area contributed by atoms with E-state index in [1.54, 1.807) is 0 Å². The molecule has 0 radical (unpaired) electrons. The molecule has 1 saturated carbocycles. The Kier molecular flexibility index (Phi) is 5.67. The number of hydrogen-bond donors (Lipinski definition) is 2. The Hall–Kier alpha value is -2.19. The highest BCUT2D eigenvalue weighted by atomic mass is 35.5. The van der Waals surface area contributed by atoms with Crippen LogP contribution in [-0.2, 0) is 17.5 Å². The van der Waals surface area contributed by atoms with Gasteiger partial charge in [-0.25, -0.2) is 9.37 Å². The first kappa shape index (κ1) is 19.6. The van der Waals surface area contributed by atoms with Crippen molar-refractivity contribution >= 4 is 23.3 Å². The van der Waals surface area contributed by atoms with Gasteiger partial charge in [-0.05, 0) is 42.5 Å². The smallest absolute Gasteiger partial charge is 0.307 e. The van der Waals surface area contributed by atoms with E-state index in [1.165, 1.54) is 18.3 Å². The SMILES string of the molecule is O=C(Nc1ncc(Cl)cc1F)[C@@H](NCc1ccc(C(F)(F)F)cc1)C1CC1. The Morgan fingerprint density at radius 3 is 2.48 bits per heavy atom. The number of pyridine rings is 1. The molecule has 4 nitrogen and oxygen atoms in total. The molecule has 0 spiro atoms. The van der Waals surface area contributed by atoms with E-state index in [1.807, 2.05) is 0 Å². The van der Waals surface area contributed by atoms with E-state index in [0.29, 0.717) is 5.56 Å². The average Bonchev–Trinajstić information content (AvgIpc) is 3.42. The van der Waals surface area contributed by atoms with Crippen LogP contribution in [0.1, 0.15) is 24.0 Å². The topological polar surface area (TPSA) is 54.0 Å². The van der Waals surface area contributed by atoms with Crippen LogP contribution in [0.2, 0.25) is 5.02 Å². The van der Waals surface area contributed by atoms with Gasteiger partial charge in [0.05, 0.1) is 16.6 Å². The van der Waals surface area contributed by atoms with Gasteiger partial charge in [-0.3, -0.25) is 4.79 Å². The minimum atomic E-state index is -4.39. The monoisotopic (exact) mass is 401 g/mol. The molecule has 1 atom stereocenters. The summed E-state index contributed by atoms with van der Waals surface area (Å²) in [5, 5.41) is 5.58. The molecule has 1 amide bonds. The molecule has 0 bridgehead atoms. The summed E-state index contributed by atoms with van der Waals surface area (Å²) in [6.45, 7) is 0.212. The number of nitrogens with zero attached hydrogens (tertiary/aromatic N) is 1. The highest BCUT2D eigenvalue weighted by Crippen LogP contribution is 2.34. The number of carbonyl (C=O) groups excluding carboxylic acids is 1. The summed E-state index contributed by atoms with van der Waals surface area (Å²) in [7, 11) is 0. The van der Waals surface area contributed by atoms with Crippen molar-refractivity contribution in [3.05, 3.63) is 58.5 Å². The predicted molar refractivity (Wildman–Crippen MR) is 92.6 cm³/mol. The van der Waals surface area contributed by atoms with Crippen molar-refractivity contribution in [2.75, 3.05) is 5.32 Å². The van der Waals surface area contributed by atoms with E-state index in [-0.39, 0.29) is 23.3 Å². The van der Waals surface area contributed by atoms with Gasteiger partial charge in [0.25, 0.3) is 0 Å². The maximum absolute atomic E-state index is 13.8. The zero-order chi connectivity index (χ0) is 19.6. The second-order valence-electron chi connectivity index (χ2n) is 6.36. The van der Waals surface area contributed by atoms with Crippen LogP contribution in [0.4, 0.5) is 23.4 Å². The number of benzene rings is 1. The molecule has 3 rings (SSSR count). The Labute approximate surface area is 157 Å². The van der Waals surface area contributed by atoms with E-state index in [2.05, 4.69) is 15.6 Å². The first-order valence-corrected chi connectivity index (χ1v) is 8.63. The third-order valence-electron chi connectivity index (χ3n) is 4.23. The highest BCUT2D eigenvalue weighted by Gasteiger charge is 2.36. The van der Waals surface area contributed by atoms with Gasteiger partial charge >= 0.3 is 6.18 Å². The molecule has 1 fully saturated rings. The molecule has 0 saturated heterocycles. The van der Waals surface area contributed by atoms with Crippen LogP contribution in [0.15, 0.2) is 36.5 Å². The normalized spacial score (nSPS) is 15.4. The van der Waals surface area contributed by atoms with Gasteiger partial charge < -0.3 is 10.6 Å². The lowest BCUT2D eigenvalue weighted by Gasteiger charge is -2.18. The van der Waals surface area contributed by atoms with Crippen LogP contribution in [-0.4, -0.2) is 16.9 Å². The standard InChI is InChI=1S/C18H16ClF4N3O/c19-13-7-14(20)16(25-9-13)26-17(27)15(11-3-4-11)24-8-10-1-5-12(6-2-10)18(21,22)23/h1-2,5-7,9,11,15,24H,3-4,8H2,(H,25,26,27)/t15-/m0/s1. The van der Waals surface area contributed by atoms with Crippen molar-refractivity contribution in [1.82, 2.24) is 10.3 Å². The van der Waals surface area contributed by atoms with Gasteiger partial charge in [0.2, 0.25) is 5.91 Å². The lowest BCUT2D eigenvalue weighted by atomic mass is 10.1. The van der Waals surface area contributed by atoms with E-state index in [0.717, 1.165) is 31.0 Å². The highest BCUT2D eigenvalue weighted by molar-refractivity contribution is 6.30. The maximum atomic E-state index is 13.8. The molecule has 1 aromatic heterocycles. The number of aromatic nitrogens is 1. The lowest BCUT2D eigenvalue weighted by Crippen LogP contribution is -2.42. The van der Waals surface area contributed by atoms with Crippen molar-refractivity contribution in [3.63, 3.8) is 0 Å². The second-order valence-corrected chi connectivity index (χ2v) is 6.80. The molecule has 1 aliphatic carbocycles. The quantitative estimate of drug-likeness (QED) is 0.705. The van der Waals surface area contributed by atoms with Crippen LogP contribution in [0.25, 0.3) is 0 Å². The Bertz CT molecular complexity index is 822. The van der Waals surface area contributed by atoms with Crippen molar-refractivity contribution in [1.29, 1.82) is 0 Å². The fourth-order valence-electron chi connectivity index (χ4n) is 2.64. The number of halogens is 5. The fourth-order valence-corrected chi connectivity index (χ4v) is 2.79. The van der Waals surface area contributed by atoms with Crippen molar-refractivity contribution < 1.29 is 22.4 Å². The number of hydrogen-bond acceptors (Lipinski definition) is 3. The Balaban J connectivity index is 1.63. The molecule has 1 aromatic carbocycles. The summed E-state index contributed by atoms with van der Waals surface area (Å²) >= 11 is 5.64. The van der Waals surface area contributed by atoms with Crippen molar-refractivity contribution in [3.8, 4) is 0 Å². The van der Waals surface area contributed by atoms with Gasteiger partial charge in [0.15, 0.2) is 11.6 Å². The van der Waals surface area contributed by atoms with Gasteiger partial charge in [0, 0.05) is 12.7 Å². The molecule has 1 heterocycles. The molecule has 2 aromatic rings. The third kappa shape index (κ3) is 5.17. The summed E-state index contributed by atoms with van der Waals surface area (Å²) in [6, 6.07) is 5.17. The van der Waals surface area contributed by atoms with Crippen LogP contribution in [0.3, 0.4) is 0 Å². The Morgan fingerprint density at radius 1 is 1.26 bits per heavy atom. The first-order valence-electron chi connectivity index (χ1n) is 8.25. The minimum Gasteiger partial charge on any atom is -0.307 e. The summed E-state index contributed by atoms with van der Waals surface area (Å²) in [4.78, 5) is 16.2. The molecule has 27 heavy (non-hydrogen) atoms. The molecular weight excluding hydrogens is 386 g/mol. The zero-order valence-corrected chi connectivity index (χ0v) is 14.7. The summed E-state index contributed by atoms with van der Waals surface area (Å²) in [6.07, 6.45) is -1.48. The van der Waals surface area contributed by atoms with Crippen molar-refractivity contribution in [2.45, 2.75) is 31.6 Å². The molecule has 0 aliphatic heterocycles. The van der Waals surface area contributed by atoms with Gasteiger partial charge in [-0.15, -0.1) is 0 Å². The average molecular weight is 402 g/mol. The molecule has 1 aliphatic rings. The van der Waals surface area contributed by atoms with Crippen LogP contribution < -0.4 is 10.6 Å². The molecule has 2 N–H and O–H groups in total. The second kappa shape index (κ2) is 7.82. The number of rotatable bonds is 6. The molecular formula is C18H16ClF4N3O. The number of nitrogens with one attached hydrogen (secondary N) is 2. The molecule has 9 heteroatoms. The number of anilines is 1. The zero-order valence-electron chi connectivity index (χ0n) is 14.0. The summed E-state index contributed by atoms with van der Waals surface area (Å²) in [5.74, 6) is -1.31. The van der Waals surface area contributed by atoms with E-state index < -0.39 is 29.5 Å². The van der Waals surface area contributed by atoms with Crippen LogP contribution in [0.5, 0.6) is 0 Å². The van der Waals surface area contributed by atoms with E-state index in [9.17, 15) is 22.4 Å². The van der Waals surface area contributed by atoms with Gasteiger partial charge in [0.1, 0.15) is 0 Å². The first-order chi connectivity index (χ1) is 12.7. The third-order valence-corrected chi connectivity index (χ3v) is 4.44. The number of alkyl halides is 3.